The summed E-state index contributed by atoms with van der Waals surface area (Å²) in [4.78, 5) is 40.4. The quantitative estimate of drug-likeness (QED) is 0.217. The number of nitrogens with two attached hydrogens (primary N) is 1. The van der Waals surface area contributed by atoms with Crippen LogP contribution in [0.1, 0.15) is 56.8 Å². The summed E-state index contributed by atoms with van der Waals surface area (Å²) in [6.07, 6.45) is 0.807. The first-order valence-corrected chi connectivity index (χ1v) is 14.1. The molecule has 0 heterocycles. The van der Waals surface area contributed by atoms with Crippen LogP contribution in [0.3, 0.4) is 0 Å². The highest BCUT2D eigenvalue weighted by molar-refractivity contribution is 5.93. The van der Waals surface area contributed by atoms with Crippen LogP contribution in [-0.4, -0.2) is 41.0 Å². The van der Waals surface area contributed by atoms with Gasteiger partial charge in [0.2, 0.25) is 17.7 Å². The average molecular weight is 559 g/mol. The molecule has 218 valence electrons. The predicted molar refractivity (Wildman–Crippen MR) is 161 cm³/mol. The summed E-state index contributed by atoms with van der Waals surface area (Å²) in [5.74, 6) is -1.47. The minimum atomic E-state index is -0.977. The molecule has 0 saturated carbocycles. The third-order valence-corrected chi connectivity index (χ3v) is 7.38. The molecular formula is C33H42N4O4. The Morgan fingerprint density at radius 3 is 1.76 bits per heavy atom. The van der Waals surface area contributed by atoms with E-state index in [2.05, 4.69) is 16.0 Å². The lowest BCUT2D eigenvalue weighted by Crippen LogP contribution is -2.58. The summed E-state index contributed by atoms with van der Waals surface area (Å²) >= 11 is 0. The van der Waals surface area contributed by atoms with Gasteiger partial charge in [0.1, 0.15) is 17.8 Å². The van der Waals surface area contributed by atoms with Crippen LogP contribution in [0.5, 0.6) is 5.75 Å². The Labute approximate surface area is 242 Å². The summed E-state index contributed by atoms with van der Waals surface area (Å²) in [6, 6.07) is 22.7. The smallest absolute Gasteiger partial charge is 0.243 e. The molecule has 8 heteroatoms. The highest BCUT2D eigenvalue weighted by Crippen LogP contribution is 2.23. The van der Waals surface area contributed by atoms with Gasteiger partial charge in [-0.05, 0) is 40.7 Å². The van der Waals surface area contributed by atoms with E-state index >= 15 is 0 Å². The van der Waals surface area contributed by atoms with Crippen LogP contribution in [0.25, 0.3) is 0 Å². The molecule has 0 aromatic heterocycles. The largest absolute Gasteiger partial charge is 0.508 e. The van der Waals surface area contributed by atoms with Gasteiger partial charge in [0.05, 0.1) is 12.1 Å². The van der Waals surface area contributed by atoms with Gasteiger partial charge in [-0.1, -0.05) is 107 Å². The Bertz CT molecular complexity index is 1230. The van der Waals surface area contributed by atoms with E-state index in [-0.39, 0.29) is 29.9 Å². The van der Waals surface area contributed by atoms with Crippen LogP contribution in [0.4, 0.5) is 0 Å². The van der Waals surface area contributed by atoms with E-state index in [0.29, 0.717) is 6.42 Å². The van der Waals surface area contributed by atoms with Crippen LogP contribution in [-0.2, 0) is 20.8 Å². The second-order valence-corrected chi connectivity index (χ2v) is 10.8. The molecule has 41 heavy (non-hydrogen) atoms. The third-order valence-electron chi connectivity index (χ3n) is 7.38. The maximum atomic E-state index is 13.8. The molecular weight excluding hydrogens is 516 g/mol. The Morgan fingerprint density at radius 1 is 0.732 bits per heavy atom. The van der Waals surface area contributed by atoms with Crippen molar-refractivity contribution in [1.82, 2.24) is 16.0 Å². The number of carbonyl (C=O) groups excluding carboxylic acids is 3. The molecule has 0 radical (unpaired) electrons. The maximum Gasteiger partial charge on any atom is 0.243 e. The van der Waals surface area contributed by atoms with Gasteiger partial charge in [-0.15, -0.1) is 0 Å². The van der Waals surface area contributed by atoms with E-state index in [1.54, 1.807) is 12.1 Å². The number of phenols is 1. The number of aromatic hydroxyl groups is 1. The lowest BCUT2D eigenvalue weighted by Gasteiger charge is -2.29. The number of phenolic OH excluding ortho intramolecular Hbond substituents is 1. The highest BCUT2D eigenvalue weighted by atomic mass is 16.3. The number of benzene rings is 3. The molecule has 1 unspecified atom stereocenters. The number of amides is 3. The van der Waals surface area contributed by atoms with Gasteiger partial charge in [0, 0.05) is 6.42 Å². The second-order valence-electron chi connectivity index (χ2n) is 10.8. The van der Waals surface area contributed by atoms with E-state index in [1.807, 2.05) is 88.4 Å². The van der Waals surface area contributed by atoms with Crippen molar-refractivity contribution < 1.29 is 19.5 Å². The molecule has 0 fully saturated rings. The molecule has 3 rings (SSSR count). The molecule has 0 bridgehead atoms. The molecule has 3 aromatic rings. The van der Waals surface area contributed by atoms with Crippen LogP contribution in [0.15, 0.2) is 84.9 Å². The van der Waals surface area contributed by atoms with E-state index < -0.39 is 36.0 Å². The number of hydrogen-bond acceptors (Lipinski definition) is 5. The number of nitrogens with one attached hydrogen (secondary N) is 3. The summed E-state index contributed by atoms with van der Waals surface area (Å²) in [5.41, 5.74) is 8.64. The maximum absolute atomic E-state index is 13.8. The first kappa shape index (κ1) is 31.4. The zero-order valence-corrected chi connectivity index (χ0v) is 24.2. The van der Waals surface area contributed by atoms with Crippen molar-refractivity contribution in [2.24, 2.45) is 17.6 Å². The number of rotatable bonds is 13. The van der Waals surface area contributed by atoms with Crippen molar-refractivity contribution in [2.45, 2.75) is 64.7 Å². The molecule has 6 N–H and O–H groups in total. The van der Waals surface area contributed by atoms with Gasteiger partial charge in [0.15, 0.2) is 0 Å². The fourth-order valence-electron chi connectivity index (χ4n) is 4.49. The van der Waals surface area contributed by atoms with Crippen molar-refractivity contribution in [3.63, 3.8) is 0 Å². The normalized spacial score (nSPS) is 14.1. The van der Waals surface area contributed by atoms with Gasteiger partial charge in [-0.25, -0.2) is 0 Å². The van der Waals surface area contributed by atoms with Crippen molar-refractivity contribution in [2.75, 3.05) is 0 Å². The molecule has 0 aliphatic heterocycles. The first-order chi connectivity index (χ1) is 19.6. The highest BCUT2D eigenvalue weighted by Gasteiger charge is 2.32. The van der Waals surface area contributed by atoms with Gasteiger partial charge in [-0.2, -0.15) is 0 Å². The van der Waals surface area contributed by atoms with Crippen LogP contribution < -0.4 is 21.7 Å². The van der Waals surface area contributed by atoms with Gasteiger partial charge in [-0.3, -0.25) is 14.4 Å². The van der Waals surface area contributed by atoms with Crippen molar-refractivity contribution in [3.05, 3.63) is 102 Å². The molecule has 0 spiro atoms. The van der Waals surface area contributed by atoms with E-state index in [9.17, 15) is 19.5 Å². The molecule has 4 atom stereocenters. The average Bonchev–Trinajstić information content (AvgIpc) is 2.99. The SMILES string of the molecule is CCC(C)[C@H](NC(=O)[C@H](Cc1ccc(O)cc1)NC(=O)[C@@H](N)C(C)C)C(=O)NC(c1ccccc1)c1ccccc1. The first-order valence-electron chi connectivity index (χ1n) is 14.1. The zero-order valence-electron chi connectivity index (χ0n) is 24.2. The van der Waals surface area contributed by atoms with Crippen LogP contribution in [0, 0.1) is 11.8 Å². The monoisotopic (exact) mass is 558 g/mol. The number of carbonyl (C=O) groups is 3. The molecule has 8 nitrogen and oxygen atoms in total. The Kier molecular flexibility index (Phi) is 11.5. The molecule has 0 saturated heterocycles. The van der Waals surface area contributed by atoms with Crippen molar-refractivity contribution in [1.29, 1.82) is 0 Å². The van der Waals surface area contributed by atoms with Crippen molar-refractivity contribution in [3.8, 4) is 5.75 Å². The summed E-state index contributed by atoms with van der Waals surface area (Å²) in [5, 5.41) is 18.5. The van der Waals surface area contributed by atoms with E-state index in [1.165, 1.54) is 12.1 Å². The van der Waals surface area contributed by atoms with Crippen LogP contribution >= 0.6 is 0 Å². The lowest BCUT2D eigenvalue weighted by atomic mass is 9.94. The molecule has 3 aromatic carbocycles. The third kappa shape index (κ3) is 8.91. The minimum Gasteiger partial charge on any atom is -0.508 e. The fraction of sp³-hybridized carbons (Fsp3) is 0.364. The predicted octanol–water partition coefficient (Wildman–Crippen LogP) is 3.84. The lowest BCUT2D eigenvalue weighted by molar-refractivity contribution is -0.133. The van der Waals surface area contributed by atoms with Gasteiger partial charge in [0.25, 0.3) is 0 Å². The Hall–Kier alpha value is -4.17. The molecule has 0 aliphatic rings. The van der Waals surface area contributed by atoms with Gasteiger partial charge >= 0.3 is 0 Å². The van der Waals surface area contributed by atoms with Crippen molar-refractivity contribution >= 4 is 17.7 Å². The van der Waals surface area contributed by atoms with Gasteiger partial charge < -0.3 is 26.8 Å². The summed E-state index contributed by atoms with van der Waals surface area (Å²) in [6.45, 7) is 7.53. The summed E-state index contributed by atoms with van der Waals surface area (Å²) < 4.78 is 0. The Balaban J connectivity index is 1.86. The summed E-state index contributed by atoms with van der Waals surface area (Å²) in [7, 11) is 0. The topological polar surface area (TPSA) is 134 Å². The fourth-order valence-corrected chi connectivity index (χ4v) is 4.49. The van der Waals surface area contributed by atoms with Crippen LogP contribution in [0.2, 0.25) is 0 Å². The Morgan fingerprint density at radius 2 is 1.27 bits per heavy atom. The van der Waals surface area contributed by atoms with E-state index in [4.69, 9.17) is 5.73 Å². The minimum absolute atomic E-state index is 0.0977. The second kappa shape index (κ2) is 15.0. The molecule has 0 aliphatic carbocycles. The molecule has 3 amide bonds. The van der Waals surface area contributed by atoms with E-state index in [0.717, 1.165) is 16.7 Å². The standard InChI is InChI=1S/C33H42N4O4/c1-5-22(4)29(33(41)37-30(24-12-8-6-9-13-24)25-14-10-7-11-15-25)36-31(39)27(35-32(40)28(34)21(2)3)20-23-16-18-26(38)19-17-23/h6-19,21-22,27-30,38H,5,20,34H2,1-4H3,(H,35,40)(H,36,39)(H,37,41)/t22?,27-,28-,29-/m0/s1. The number of hydrogen-bond donors (Lipinski definition) is 5. The zero-order chi connectivity index (χ0) is 29.9.